The van der Waals surface area contributed by atoms with E-state index >= 15 is 0 Å². The van der Waals surface area contributed by atoms with E-state index in [0.717, 1.165) is 27.8 Å². The Balaban J connectivity index is 1.99. The molecule has 3 aromatic rings. The van der Waals surface area contributed by atoms with Crippen molar-refractivity contribution in [1.82, 2.24) is 5.32 Å². The molecule has 0 radical (unpaired) electrons. The maximum Gasteiger partial charge on any atom is 0.408 e. The monoisotopic (exact) mass is 576 g/mol. The second kappa shape index (κ2) is 12.3. The SMILES string of the molecule is Cc1cccc(C(NC(=O)OC(C)(C)C)C(=NC2c3ccccc3-c3ccccc32)P(=O)(OC(C)C)OC(C)C)c1. The third kappa shape index (κ3) is 7.34. The van der Waals surface area contributed by atoms with Crippen molar-refractivity contribution in [2.75, 3.05) is 0 Å². The molecule has 0 spiro atoms. The number of hydrogen-bond donors (Lipinski definition) is 1. The van der Waals surface area contributed by atoms with Crippen LogP contribution in [-0.4, -0.2) is 29.4 Å². The van der Waals surface area contributed by atoms with Crippen LogP contribution in [0.2, 0.25) is 0 Å². The Bertz CT molecular complexity index is 1410. The minimum atomic E-state index is -4.08. The van der Waals surface area contributed by atoms with Gasteiger partial charge in [-0.2, -0.15) is 0 Å². The fraction of sp³-hybridized carbons (Fsp3) is 0.394. The normalized spacial score (nSPS) is 14.6. The molecule has 1 aliphatic rings. The standard InChI is InChI=1S/C33H41N2O5P/c1-21(2)39-41(37,40-22(3)4)31(29(24-15-13-14-23(5)20-24)35-32(36)38-33(6,7)8)34-30-27-18-11-9-16-25(27)26-17-10-12-19-28(26)30/h9-22,29-30H,1-8H3,(H,35,36). The van der Waals surface area contributed by atoms with Crippen molar-refractivity contribution in [3.8, 4) is 11.1 Å². The number of ether oxygens (including phenoxy) is 1. The van der Waals surface area contributed by atoms with Crippen molar-refractivity contribution in [2.24, 2.45) is 4.99 Å². The Morgan fingerprint density at radius 1 is 0.854 bits per heavy atom. The van der Waals surface area contributed by atoms with Gasteiger partial charge in [0.15, 0.2) is 5.45 Å². The molecule has 1 N–H and O–H groups in total. The predicted octanol–water partition coefficient (Wildman–Crippen LogP) is 8.77. The largest absolute Gasteiger partial charge is 0.444 e. The predicted molar refractivity (Wildman–Crippen MR) is 164 cm³/mol. The van der Waals surface area contributed by atoms with Gasteiger partial charge in [-0.25, -0.2) is 4.79 Å². The molecule has 0 bridgehead atoms. The average molecular weight is 577 g/mol. The number of alkyl carbamates (subject to hydrolysis) is 1. The van der Waals surface area contributed by atoms with Crippen LogP contribution in [0.4, 0.5) is 4.79 Å². The molecule has 1 aliphatic carbocycles. The van der Waals surface area contributed by atoms with Gasteiger partial charge in [-0.05, 0) is 83.2 Å². The molecule has 0 saturated heterocycles. The van der Waals surface area contributed by atoms with Gasteiger partial charge in [0.25, 0.3) is 0 Å². The Hall–Kier alpha value is -3.25. The van der Waals surface area contributed by atoms with Crippen molar-refractivity contribution in [3.05, 3.63) is 95.1 Å². The zero-order valence-corrected chi connectivity index (χ0v) is 26.1. The van der Waals surface area contributed by atoms with Crippen LogP contribution in [0.5, 0.6) is 0 Å². The molecule has 1 unspecified atom stereocenters. The summed E-state index contributed by atoms with van der Waals surface area (Å²) in [5.41, 5.74) is 5.12. The number of hydrogen-bond acceptors (Lipinski definition) is 6. The number of nitrogens with zero attached hydrogens (tertiary/aromatic N) is 1. The van der Waals surface area contributed by atoms with Crippen LogP contribution in [0, 0.1) is 6.92 Å². The highest BCUT2D eigenvalue weighted by atomic mass is 31.2. The third-order valence-electron chi connectivity index (χ3n) is 6.34. The van der Waals surface area contributed by atoms with Crippen LogP contribution in [-0.2, 0) is 18.3 Å². The van der Waals surface area contributed by atoms with Gasteiger partial charge < -0.3 is 19.1 Å². The lowest BCUT2D eigenvalue weighted by Gasteiger charge is -2.31. The molecule has 0 fully saturated rings. The van der Waals surface area contributed by atoms with Gasteiger partial charge in [-0.15, -0.1) is 0 Å². The first kappa shape index (κ1) is 30.7. The van der Waals surface area contributed by atoms with Crippen LogP contribution in [0.3, 0.4) is 0 Å². The number of aliphatic imine (C=N–C) groups is 1. The summed E-state index contributed by atoms with van der Waals surface area (Å²) in [5.74, 6) is 0. The summed E-state index contributed by atoms with van der Waals surface area (Å²) in [4.78, 5) is 18.5. The van der Waals surface area contributed by atoms with Crippen LogP contribution in [0.15, 0.2) is 77.8 Å². The van der Waals surface area contributed by atoms with Crippen LogP contribution in [0.1, 0.15) is 82.8 Å². The summed E-state index contributed by atoms with van der Waals surface area (Å²) < 4.78 is 32.8. The minimum Gasteiger partial charge on any atom is -0.444 e. The topological polar surface area (TPSA) is 86.2 Å². The molecule has 1 amide bonds. The molecule has 0 aromatic heterocycles. The molecule has 0 saturated carbocycles. The highest BCUT2D eigenvalue weighted by molar-refractivity contribution is 7.72. The molecule has 3 aromatic carbocycles. The van der Waals surface area contributed by atoms with Crippen molar-refractivity contribution in [2.45, 2.75) is 85.3 Å². The maximum absolute atomic E-state index is 14.9. The first-order chi connectivity index (χ1) is 19.3. The number of aryl methyl sites for hydroxylation is 1. The molecule has 0 heterocycles. The average Bonchev–Trinajstić information content (AvgIpc) is 3.17. The third-order valence-corrected chi connectivity index (χ3v) is 8.67. The highest BCUT2D eigenvalue weighted by Crippen LogP contribution is 2.57. The molecule has 1 atom stereocenters. The smallest absolute Gasteiger partial charge is 0.408 e. The molecular weight excluding hydrogens is 535 g/mol. The van der Waals surface area contributed by atoms with Gasteiger partial charge >= 0.3 is 13.7 Å². The minimum absolute atomic E-state index is 0.118. The second-order valence-electron chi connectivity index (χ2n) is 11.9. The lowest BCUT2D eigenvalue weighted by atomic mass is 10.0. The van der Waals surface area contributed by atoms with E-state index in [9.17, 15) is 9.36 Å². The quantitative estimate of drug-likeness (QED) is 0.203. The summed E-state index contributed by atoms with van der Waals surface area (Å²) in [6.45, 7) is 14.6. The Morgan fingerprint density at radius 3 is 1.88 bits per heavy atom. The molecule has 218 valence electrons. The van der Waals surface area contributed by atoms with E-state index < -0.39 is 43.6 Å². The van der Waals surface area contributed by atoms with Gasteiger partial charge in [0, 0.05) is 0 Å². The van der Waals surface area contributed by atoms with Gasteiger partial charge in [0.05, 0.1) is 12.2 Å². The number of nitrogens with one attached hydrogen (secondary N) is 1. The first-order valence-electron chi connectivity index (χ1n) is 14.1. The maximum atomic E-state index is 14.9. The summed E-state index contributed by atoms with van der Waals surface area (Å²) in [5, 5.41) is 2.97. The Morgan fingerprint density at radius 2 is 1.39 bits per heavy atom. The van der Waals surface area contributed by atoms with E-state index in [2.05, 4.69) is 17.4 Å². The van der Waals surface area contributed by atoms with Crippen molar-refractivity contribution in [3.63, 3.8) is 0 Å². The zero-order chi connectivity index (χ0) is 29.9. The van der Waals surface area contributed by atoms with E-state index in [0.29, 0.717) is 5.56 Å². The van der Waals surface area contributed by atoms with E-state index in [-0.39, 0.29) is 5.45 Å². The van der Waals surface area contributed by atoms with Crippen LogP contribution in [0.25, 0.3) is 11.1 Å². The van der Waals surface area contributed by atoms with Gasteiger partial charge in [0.1, 0.15) is 17.7 Å². The van der Waals surface area contributed by atoms with E-state index in [4.69, 9.17) is 18.8 Å². The Kier molecular flexibility index (Phi) is 9.22. The second-order valence-corrected chi connectivity index (χ2v) is 13.7. The van der Waals surface area contributed by atoms with Gasteiger partial charge in [0.2, 0.25) is 0 Å². The molecule has 4 rings (SSSR count). The number of carbonyl (C=O) groups is 1. The summed E-state index contributed by atoms with van der Waals surface area (Å²) >= 11 is 0. The molecule has 41 heavy (non-hydrogen) atoms. The van der Waals surface area contributed by atoms with Crippen molar-refractivity contribution >= 4 is 19.1 Å². The number of fused-ring (bicyclic) bond motifs is 3. The summed E-state index contributed by atoms with van der Waals surface area (Å²) in [6.07, 6.45) is -1.54. The Labute approximate surface area is 243 Å². The van der Waals surface area contributed by atoms with Crippen LogP contribution < -0.4 is 5.32 Å². The summed E-state index contributed by atoms with van der Waals surface area (Å²) in [6, 6.07) is 22.4. The fourth-order valence-electron chi connectivity index (χ4n) is 4.96. The first-order valence-corrected chi connectivity index (χ1v) is 15.6. The number of benzene rings is 3. The number of rotatable bonds is 9. The number of carbonyl (C=O) groups excluding carboxylic acids is 1. The van der Waals surface area contributed by atoms with E-state index in [1.54, 1.807) is 48.5 Å². The highest BCUT2D eigenvalue weighted by Gasteiger charge is 2.43. The zero-order valence-electron chi connectivity index (χ0n) is 25.2. The molecule has 7 nitrogen and oxygen atoms in total. The van der Waals surface area contributed by atoms with Crippen LogP contribution >= 0.6 is 7.60 Å². The van der Waals surface area contributed by atoms with E-state index in [1.807, 2.05) is 67.6 Å². The van der Waals surface area contributed by atoms with Crippen molar-refractivity contribution in [1.29, 1.82) is 0 Å². The lowest BCUT2D eigenvalue weighted by molar-refractivity contribution is 0.0517. The summed E-state index contributed by atoms with van der Waals surface area (Å²) in [7, 11) is -4.08. The fourth-order valence-corrected chi connectivity index (χ4v) is 7.13. The van der Waals surface area contributed by atoms with Gasteiger partial charge in [-0.3, -0.25) is 9.56 Å². The molecule has 0 aliphatic heterocycles. The molecule has 8 heteroatoms. The van der Waals surface area contributed by atoms with Gasteiger partial charge in [-0.1, -0.05) is 78.4 Å². The van der Waals surface area contributed by atoms with Crippen molar-refractivity contribution < 1.29 is 23.1 Å². The van der Waals surface area contributed by atoms with E-state index in [1.165, 1.54) is 0 Å². The lowest BCUT2D eigenvalue weighted by Crippen LogP contribution is -2.39. The molecular formula is C33H41N2O5P. The number of amides is 1.